The fourth-order valence-electron chi connectivity index (χ4n) is 1.92. The molecule has 1 aromatic carbocycles. The zero-order valence-electron chi connectivity index (χ0n) is 11.0. The average molecular weight is 276 g/mol. The highest BCUT2D eigenvalue weighted by molar-refractivity contribution is 5.64. The Hall–Kier alpha value is -2.05. The molecule has 1 atom stereocenters. The number of carbonyl (C=O) groups is 1. The van der Waals surface area contributed by atoms with E-state index in [4.69, 9.17) is 5.73 Å². The molecule has 0 bridgehead atoms. The first-order valence-corrected chi connectivity index (χ1v) is 6.29. The highest BCUT2D eigenvalue weighted by Gasteiger charge is 2.25. The van der Waals surface area contributed by atoms with Gasteiger partial charge in [-0.2, -0.15) is 0 Å². The van der Waals surface area contributed by atoms with Crippen molar-refractivity contribution in [3.8, 4) is 0 Å². The molecular formula is C14H17FN4O. The molecular weight excluding hydrogens is 259 g/mol. The number of nitrogens with zero attached hydrogens (tertiary/aromatic N) is 1. The minimum Gasteiger partial charge on any atom is -0.348 e. The van der Waals surface area contributed by atoms with Crippen molar-refractivity contribution in [1.29, 1.82) is 0 Å². The Kier molecular flexibility index (Phi) is 4.60. The Morgan fingerprint density at radius 1 is 1.40 bits per heavy atom. The van der Waals surface area contributed by atoms with Crippen LogP contribution in [0.2, 0.25) is 0 Å². The highest BCUT2D eigenvalue weighted by atomic mass is 19.1. The molecule has 0 amide bonds. The van der Waals surface area contributed by atoms with Gasteiger partial charge in [-0.3, -0.25) is 0 Å². The number of rotatable bonds is 7. The maximum atomic E-state index is 12.8. The fraction of sp³-hybridized carbons (Fsp3) is 0.286. The monoisotopic (exact) mass is 276 g/mol. The molecule has 5 nitrogen and oxygen atoms in total. The van der Waals surface area contributed by atoms with Gasteiger partial charge in [-0.05, 0) is 17.7 Å². The number of imidazole rings is 1. The number of halogens is 1. The largest absolute Gasteiger partial charge is 0.348 e. The lowest BCUT2D eigenvalue weighted by Crippen LogP contribution is -2.52. The Morgan fingerprint density at radius 2 is 2.15 bits per heavy atom. The van der Waals surface area contributed by atoms with Crippen molar-refractivity contribution in [3.05, 3.63) is 53.9 Å². The first-order valence-electron chi connectivity index (χ1n) is 6.29. The Balaban J connectivity index is 1.87. The SMILES string of the molecule is N[C@](C=O)(CNCc1ccc(F)cc1)Cc1cnc[nH]1. The van der Waals surface area contributed by atoms with Crippen LogP contribution < -0.4 is 11.1 Å². The summed E-state index contributed by atoms with van der Waals surface area (Å²) in [5.41, 5.74) is 6.79. The molecule has 2 aromatic rings. The van der Waals surface area contributed by atoms with E-state index in [1.807, 2.05) is 0 Å². The normalized spacial score (nSPS) is 13.9. The molecule has 0 fully saturated rings. The van der Waals surface area contributed by atoms with Crippen LogP contribution in [0, 0.1) is 5.82 Å². The summed E-state index contributed by atoms with van der Waals surface area (Å²) in [6, 6.07) is 6.18. The number of nitrogens with two attached hydrogens (primary N) is 1. The molecule has 2 rings (SSSR count). The molecule has 0 saturated carbocycles. The second kappa shape index (κ2) is 6.40. The molecule has 1 heterocycles. The van der Waals surface area contributed by atoms with E-state index in [-0.39, 0.29) is 5.82 Å². The first-order chi connectivity index (χ1) is 9.61. The summed E-state index contributed by atoms with van der Waals surface area (Å²) >= 11 is 0. The lowest BCUT2D eigenvalue weighted by atomic mass is 9.96. The Morgan fingerprint density at radius 3 is 2.75 bits per heavy atom. The van der Waals surface area contributed by atoms with Gasteiger partial charge in [0.2, 0.25) is 0 Å². The predicted molar refractivity (Wildman–Crippen MR) is 73.4 cm³/mol. The zero-order valence-corrected chi connectivity index (χ0v) is 11.0. The van der Waals surface area contributed by atoms with Gasteiger partial charge < -0.3 is 20.8 Å². The summed E-state index contributed by atoms with van der Waals surface area (Å²) in [6.07, 6.45) is 4.32. The molecule has 20 heavy (non-hydrogen) atoms. The molecule has 1 aromatic heterocycles. The summed E-state index contributed by atoms with van der Waals surface area (Å²) in [5, 5.41) is 3.11. The summed E-state index contributed by atoms with van der Waals surface area (Å²) in [4.78, 5) is 18.0. The van der Waals surface area contributed by atoms with Gasteiger partial charge >= 0.3 is 0 Å². The van der Waals surface area contributed by atoms with Crippen LogP contribution in [0.3, 0.4) is 0 Å². The van der Waals surface area contributed by atoms with E-state index in [0.717, 1.165) is 17.5 Å². The minimum absolute atomic E-state index is 0.269. The number of aromatic nitrogens is 2. The number of benzene rings is 1. The molecule has 0 aliphatic rings. The molecule has 6 heteroatoms. The third-order valence-electron chi connectivity index (χ3n) is 3.01. The average Bonchev–Trinajstić information content (AvgIpc) is 2.94. The lowest BCUT2D eigenvalue weighted by molar-refractivity contribution is -0.112. The van der Waals surface area contributed by atoms with Crippen molar-refractivity contribution < 1.29 is 9.18 Å². The maximum Gasteiger partial charge on any atom is 0.141 e. The van der Waals surface area contributed by atoms with Crippen LogP contribution in [-0.4, -0.2) is 28.3 Å². The summed E-state index contributed by atoms with van der Waals surface area (Å²) < 4.78 is 12.8. The number of aldehydes is 1. The molecule has 0 spiro atoms. The van der Waals surface area contributed by atoms with Crippen LogP contribution in [0.4, 0.5) is 4.39 Å². The lowest BCUT2D eigenvalue weighted by Gasteiger charge is -2.22. The predicted octanol–water partition coefficient (Wildman–Crippen LogP) is 0.777. The number of aromatic amines is 1. The number of hydrogen-bond acceptors (Lipinski definition) is 4. The van der Waals surface area contributed by atoms with Gasteiger partial charge in [0.05, 0.1) is 11.9 Å². The van der Waals surface area contributed by atoms with Gasteiger partial charge in [-0.1, -0.05) is 12.1 Å². The molecule has 106 valence electrons. The third-order valence-corrected chi connectivity index (χ3v) is 3.01. The van der Waals surface area contributed by atoms with E-state index in [2.05, 4.69) is 15.3 Å². The second-order valence-corrected chi connectivity index (χ2v) is 4.83. The maximum absolute atomic E-state index is 12.8. The van der Waals surface area contributed by atoms with Gasteiger partial charge in [-0.25, -0.2) is 9.37 Å². The van der Waals surface area contributed by atoms with Crippen LogP contribution in [0.1, 0.15) is 11.3 Å². The van der Waals surface area contributed by atoms with Crippen LogP contribution >= 0.6 is 0 Å². The van der Waals surface area contributed by atoms with Gasteiger partial charge in [0.1, 0.15) is 12.1 Å². The van der Waals surface area contributed by atoms with E-state index in [0.29, 0.717) is 19.5 Å². The summed E-state index contributed by atoms with van der Waals surface area (Å²) in [7, 11) is 0. The summed E-state index contributed by atoms with van der Waals surface area (Å²) in [5.74, 6) is -0.269. The van der Waals surface area contributed by atoms with E-state index in [1.54, 1.807) is 24.7 Å². The van der Waals surface area contributed by atoms with E-state index in [9.17, 15) is 9.18 Å². The van der Waals surface area contributed by atoms with Crippen LogP contribution in [0.15, 0.2) is 36.8 Å². The van der Waals surface area contributed by atoms with Gasteiger partial charge in [0.15, 0.2) is 0 Å². The smallest absolute Gasteiger partial charge is 0.141 e. The number of hydrogen-bond donors (Lipinski definition) is 3. The van der Waals surface area contributed by atoms with Gasteiger partial charge in [0.25, 0.3) is 0 Å². The van der Waals surface area contributed by atoms with Crippen molar-refractivity contribution in [3.63, 3.8) is 0 Å². The van der Waals surface area contributed by atoms with E-state index >= 15 is 0 Å². The van der Waals surface area contributed by atoms with Crippen molar-refractivity contribution in [2.24, 2.45) is 5.73 Å². The minimum atomic E-state index is -0.993. The molecule has 4 N–H and O–H groups in total. The third kappa shape index (κ3) is 3.97. The topological polar surface area (TPSA) is 83.8 Å². The quantitative estimate of drug-likeness (QED) is 0.652. The number of nitrogens with one attached hydrogen (secondary N) is 2. The Bertz CT molecular complexity index is 541. The second-order valence-electron chi connectivity index (χ2n) is 4.83. The molecule has 0 unspecified atom stereocenters. The Labute approximate surface area is 116 Å². The molecule has 0 aliphatic carbocycles. The molecule has 0 radical (unpaired) electrons. The standard InChI is InChI=1S/C14H17FN4O/c15-12-3-1-11(2-4-12)6-17-8-14(16,9-20)5-13-7-18-10-19-13/h1-4,7,9-10,17H,5-6,8,16H2,(H,18,19)/t14-/m0/s1. The van der Waals surface area contributed by atoms with E-state index < -0.39 is 5.54 Å². The van der Waals surface area contributed by atoms with Crippen molar-refractivity contribution >= 4 is 6.29 Å². The zero-order chi connectivity index (χ0) is 14.4. The highest BCUT2D eigenvalue weighted by Crippen LogP contribution is 2.07. The van der Waals surface area contributed by atoms with Crippen LogP contribution in [0.5, 0.6) is 0 Å². The van der Waals surface area contributed by atoms with Crippen molar-refractivity contribution in [1.82, 2.24) is 15.3 Å². The van der Waals surface area contributed by atoms with Crippen LogP contribution in [0.25, 0.3) is 0 Å². The number of carbonyl (C=O) groups excluding carboxylic acids is 1. The fourth-order valence-corrected chi connectivity index (χ4v) is 1.92. The van der Waals surface area contributed by atoms with Gasteiger partial charge in [-0.15, -0.1) is 0 Å². The molecule has 0 saturated heterocycles. The van der Waals surface area contributed by atoms with Crippen molar-refractivity contribution in [2.75, 3.05) is 6.54 Å². The summed E-state index contributed by atoms with van der Waals surface area (Å²) in [6.45, 7) is 0.850. The first kappa shape index (κ1) is 14.4. The van der Waals surface area contributed by atoms with Gasteiger partial charge in [0, 0.05) is 31.4 Å². The van der Waals surface area contributed by atoms with Crippen LogP contribution in [-0.2, 0) is 17.8 Å². The molecule has 0 aliphatic heterocycles. The van der Waals surface area contributed by atoms with E-state index in [1.165, 1.54) is 12.1 Å². The van der Waals surface area contributed by atoms with Crippen molar-refractivity contribution in [2.45, 2.75) is 18.5 Å². The number of H-pyrrole nitrogens is 1.